The summed E-state index contributed by atoms with van der Waals surface area (Å²) < 4.78 is 0. The van der Waals surface area contributed by atoms with Crippen molar-refractivity contribution in [3.05, 3.63) is 68.7 Å². The lowest BCUT2D eigenvalue weighted by atomic mass is 10.0. The SMILES string of the molecule is O=C(CC1CCCN1Cc1c(Cl)cccc1Cl)c1cccc(Cl)c1. The smallest absolute Gasteiger partial charge is 0.164 e. The second kappa shape index (κ2) is 7.88. The van der Waals surface area contributed by atoms with Crippen LogP contribution in [0.5, 0.6) is 0 Å². The van der Waals surface area contributed by atoms with Gasteiger partial charge >= 0.3 is 0 Å². The van der Waals surface area contributed by atoms with E-state index in [2.05, 4.69) is 4.90 Å². The van der Waals surface area contributed by atoms with Crippen LogP contribution in [0.4, 0.5) is 0 Å². The van der Waals surface area contributed by atoms with Crippen molar-refractivity contribution in [2.75, 3.05) is 6.54 Å². The first-order chi connectivity index (χ1) is 11.5. The maximum absolute atomic E-state index is 12.5. The van der Waals surface area contributed by atoms with Gasteiger partial charge in [0, 0.05) is 45.2 Å². The van der Waals surface area contributed by atoms with Crippen molar-refractivity contribution in [3.63, 3.8) is 0 Å². The molecule has 0 bridgehead atoms. The summed E-state index contributed by atoms with van der Waals surface area (Å²) in [5.41, 5.74) is 1.60. The summed E-state index contributed by atoms with van der Waals surface area (Å²) in [4.78, 5) is 14.8. The average molecular weight is 383 g/mol. The van der Waals surface area contributed by atoms with Crippen LogP contribution >= 0.6 is 34.8 Å². The van der Waals surface area contributed by atoms with E-state index in [9.17, 15) is 4.79 Å². The van der Waals surface area contributed by atoms with Gasteiger partial charge in [-0.05, 0) is 43.7 Å². The molecule has 0 aromatic heterocycles. The number of hydrogen-bond donors (Lipinski definition) is 0. The van der Waals surface area contributed by atoms with Crippen LogP contribution in [0.1, 0.15) is 35.2 Å². The Bertz CT molecular complexity index is 727. The summed E-state index contributed by atoms with van der Waals surface area (Å²) in [7, 11) is 0. The minimum atomic E-state index is 0.125. The molecule has 126 valence electrons. The first-order valence-corrected chi connectivity index (χ1v) is 9.13. The van der Waals surface area contributed by atoms with Crippen LogP contribution in [0, 0.1) is 0 Å². The number of carbonyl (C=O) groups is 1. The maximum atomic E-state index is 12.5. The van der Waals surface area contributed by atoms with Crippen molar-refractivity contribution in [1.29, 1.82) is 0 Å². The first-order valence-electron chi connectivity index (χ1n) is 8.00. The van der Waals surface area contributed by atoms with Gasteiger partial charge in [-0.1, -0.05) is 53.0 Å². The maximum Gasteiger partial charge on any atom is 0.164 e. The number of nitrogens with zero attached hydrogens (tertiary/aromatic N) is 1. The van der Waals surface area contributed by atoms with Crippen molar-refractivity contribution in [2.24, 2.45) is 0 Å². The molecule has 2 aromatic carbocycles. The molecule has 1 unspecified atom stereocenters. The quantitative estimate of drug-likeness (QED) is 0.601. The Kier molecular flexibility index (Phi) is 5.83. The summed E-state index contributed by atoms with van der Waals surface area (Å²) in [5.74, 6) is 0.125. The highest BCUT2D eigenvalue weighted by Crippen LogP contribution is 2.30. The standard InChI is InChI=1S/C19H18Cl3NO/c20-14-5-1-4-13(10-14)19(24)11-15-6-3-9-23(15)12-16-17(21)7-2-8-18(16)22/h1-2,4-5,7-8,10,15H,3,6,9,11-12H2. The molecule has 0 saturated carbocycles. The third-order valence-corrected chi connectivity index (χ3v) is 5.43. The van der Waals surface area contributed by atoms with Crippen LogP contribution in [-0.2, 0) is 6.54 Å². The number of carbonyl (C=O) groups excluding carboxylic acids is 1. The third kappa shape index (κ3) is 4.12. The van der Waals surface area contributed by atoms with Crippen LogP contribution in [0.15, 0.2) is 42.5 Å². The molecular formula is C19H18Cl3NO. The van der Waals surface area contributed by atoms with Gasteiger partial charge in [0.25, 0.3) is 0 Å². The fourth-order valence-electron chi connectivity index (χ4n) is 3.21. The lowest BCUT2D eigenvalue weighted by Gasteiger charge is -2.25. The molecule has 0 N–H and O–H groups in total. The minimum absolute atomic E-state index is 0.125. The van der Waals surface area contributed by atoms with Gasteiger partial charge < -0.3 is 0 Å². The van der Waals surface area contributed by atoms with Crippen molar-refractivity contribution >= 4 is 40.6 Å². The van der Waals surface area contributed by atoms with E-state index in [1.165, 1.54) is 0 Å². The summed E-state index contributed by atoms with van der Waals surface area (Å²) in [6.45, 7) is 1.63. The molecule has 0 radical (unpaired) electrons. The average Bonchev–Trinajstić information content (AvgIpc) is 2.98. The van der Waals surface area contributed by atoms with Crippen molar-refractivity contribution in [3.8, 4) is 0 Å². The molecule has 1 atom stereocenters. The molecule has 1 fully saturated rings. The molecule has 1 heterocycles. The Balaban J connectivity index is 1.71. The second-order valence-electron chi connectivity index (χ2n) is 6.10. The lowest BCUT2D eigenvalue weighted by molar-refractivity contribution is 0.0938. The molecule has 2 aromatic rings. The predicted molar refractivity (Wildman–Crippen MR) is 100 cm³/mol. The van der Waals surface area contributed by atoms with Gasteiger partial charge in [-0.25, -0.2) is 0 Å². The van der Waals surface area contributed by atoms with Gasteiger partial charge in [0.2, 0.25) is 0 Å². The number of Topliss-reactive ketones (excluding diaryl/α,β-unsaturated/α-hetero) is 1. The lowest BCUT2D eigenvalue weighted by Crippen LogP contribution is -2.31. The fraction of sp³-hybridized carbons (Fsp3) is 0.316. The van der Waals surface area contributed by atoms with Gasteiger partial charge in [-0.3, -0.25) is 9.69 Å². The number of ketones is 1. The predicted octanol–water partition coefficient (Wildman–Crippen LogP) is 5.88. The number of benzene rings is 2. The van der Waals surface area contributed by atoms with Gasteiger partial charge in [0.1, 0.15) is 0 Å². The van der Waals surface area contributed by atoms with E-state index in [-0.39, 0.29) is 11.8 Å². The van der Waals surface area contributed by atoms with E-state index in [1.54, 1.807) is 12.1 Å². The van der Waals surface area contributed by atoms with E-state index < -0.39 is 0 Å². The molecule has 24 heavy (non-hydrogen) atoms. The Morgan fingerprint density at radius 3 is 2.50 bits per heavy atom. The fourth-order valence-corrected chi connectivity index (χ4v) is 3.92. The molecule has 3 rings (SSSR count). The van der Waals surface area contributed by atoms with Gasteiger partial charge in [0.15, 0.2) is 5.78 Å². The normalized spacial score (nSPS) is 18.0. The molecule has 1 aliphatic rings. The molecule has 5 heteroatoms. The van der Waals surface area contributed by atoms with Gasteiger partial charge in [-0.2, -0.15) is 0 Å². The topological polar surface area (TPSA) is 20.3 Å². The summed E-state index contributed by atoms with van der Waals surface area (Å²) in [6, 6.07) is 12.9. The molecular weight excluding hydrogens is 365 g/mol. The van der Waals surface area contributed by atoms with Crippen LogP contribution < -0.4 is 0 Å². The highest BCUT2D eigenvalue weighted by Gasteiger charge is 2.28. The highest BCUT2D eigenvalue weighted by atomic mass is 35.5. The zero-order valence-electron chi connectivity index (χ0n) is 13.1. The summed E-state index contributed by atoms with van der Waals surface area (Å²) in [6.07, 6.45) is 2.58. The van der Waals surface area contributed by atoms with E-state index in [0.717, 1.165) is 24.9 Å². The Morgan fingerprint density at radius 1 is 1.08 bits per heavy atom. The zero-order chi connectivity index (χ0) is 17.1. The van der Waals surface area contributed by atoms with Crippen molar-refractivity contribution < 1.29 is 4.79 Å². The molecule has 0 spiro atoms. The minimum Gasteiger partial charge on any atom is -0.296 e. The molecule has 1 aliphatic heterocycles. The van der Waals surface area contributed by atoms with E-state index in [1.807, 2.05) is 30.3 Å². The largest absolute Gasteiger partial charge is 0.296 e. The Hall–Kier alpha value is -1.06. The van der Waals surface area contributed by atoms with Crippen LogP contribution in [-0.4, -0.2) is 23.3 Å². The number of rotatable bonds is 5. The van der Waals surface area contributed by atoms with Crippen molar-refractivity contribution in [1.82, 2.24) is 4.90 Å². The monoisotopic (exact) mass is 381 g/mol. The number of hydrogen-bond acceptors (Lipinski definition) is 2. The summed E-state index contributed by atoms with van der Waals surface area (Å²) in [5, 5.41) is 1.94. The molecule has 0 amide bonds. The highest BCUT2D eigenvalue weighted by molar-refractivity contribution is 6.36. The first kappa shape index (κ1) is 17.8. The van der Waals surface area contributed by atoms with Crippen LogP contribution in [0.25, 0.3) is 0 Å². The zero-order valence-corrected chi connectivity index (χ0v) is 15.4. The number of likely N-dealkylation sites (tertiary alicyclic amines) is 1. The Labute approximate surface area is 157 Å². The molecule has 2 nitrogen and oxygen atoms in total. The molecule has 0 aliphatic carbocycles. The molecule has 1 saturated heterocycles. The van der Waals surface area contributed by atoms with Crippen LogP contribution in [0.3, 0.4) is 0 Å². The van der Waals surface area contributed by atoms with Crippen molar-refractivity contribution in [2.45, 2.75) is 31.8 Å². The number of halogens is 3. The van der Waals surface area contributed by atoms with E-state index in [4.69, 9.17) is 34.8 Å². The second-order valence-corrected chi connectivity index (χ2v) is 7.36. The summed E-state index contributed by atoms with van der Waals surface area (Å²) >= 11 is 18.5. The Morgan fingerprint density at radius 2 is 1.79 bits per heavy atom. The third-order valence-electron chi connectivity index (χ3n) is 4.49. The van der Waals surface area contributed by atoms with Gasteiger partial charge in [0.05, 0.1) is 0 Å². The van der Waals surface area contributed by atoms with Crippen LogP contribution in [0.2, 0.25) is 15.1 Å². The van der Waals surface area contributed by atoms with E-state index >= 15 is 0 Å². The van der Waals surface area contributed by atoms with Gasteiger partial charge in [-0.15, -0.1) is 0 Å². The van der Waals surface area contributed by atoms with E-state index in [0.29, 0.717) is 33.6 Å².